The van der Waals surface area contributed by atoms with E-state index in [1.54, 1.807) is 0 Å². The molecule has 16 heteroatoms. The number of alkyl halides is 4. The van der Waals surface area contributed by atoms with Gasteiger partial charge in [-0.05, 0) is 11.5 Å². The predicted molar refractivity (Wildman–Crippen MR) is 96.9 cm³/mol. The van der Waals surface area contributed by atoms with Crippen LogP contribution < -0.4 is 0 Å². The van der Waals surface area contributed by atoms with Gasteiger partial charge in [-0.3, -0.25) is 13.3 Å². The number of halogens is 4. The van der Waals surface area contributed by atoms with Crippen LogP contribution in [0.5, 0.6) is 0 Å². The van der Waals surface area contributed by atoms with E-state index in [0.29, 0.717) is 13.0 Å². The number of benzene rings is 2. The zero-order valence-corrected chi connectivity index (χ0v) is 17.7. The van der Waals surface area contributed by atoms with Crippen LogP contribution in [0.2, 0.25) is 0 Å². The van der Waals surface area contributed by atoms with E-state index in [1.165, 1.54) is 6.07 Å². The van der Waals surface area contributed by atoms with Crippen LogP contribution in [-0.4, -0.2) is 52.8 Å². The fourth-order valence-corrected chi connectivity index (χ4v) is 6.33. The van der Waals surface area contributed by atoms with E-state index in [1.807, 2.05) is 0 Å². The monoisotopic (exact) mass is 510 g/mol. The van der Waals surface area contributed by atoms with Crippen molar-refractivity contribution in [1.82, 2.24) is 0 Å². The maximum Gasteiger partial charge on any atom is 0.334 e. The van der Waals surface area contributed by atoms with Crippen LogP contribution in [0, 0.1) is 0 Å². The second-order valence-electron chi connectivity index (χ2n) is 6.18. The highest BCUT2D eigenvalue weighted by Gasteiger charge is 2.55. The molecule has 9 nitrogen and oxygen atoms in total. The molecule has 0 spiro atoms. The van der Waals surface area contributed by atoms with Crippen molar-refractivity contribution in [2.75, 3.05) is 6.61 Å². The first-order chi connectivity index (χ1) is 13.9. The molecule has 0 saturated heterocycles. The smallest absolute Gasteiger partial charge is 0.282 e. The SMILES string of the molecule is CCC(F)(F)C(F)(F)COS(=O)(=O)c1c(S(=O)(=O)O)c(S(=O)(=O)O)cc2ccccc12. The average Bonchev–Trinajstić information content (AvgIpc) is 2.63. The molecule has 0 radical (unpaired) electrons. The fourth-order valence-electron chi connectivity index (χ4n) is 2.53. The number of hydrogen-bond acceptors (Lipinski definition) is 7. The fraction of sp³-hybridized carbons (Fsp3) is 0.333. The molecule has 2 aromatic carbocycles. The van der Waals surface area contributed by atoms with Crippen molar-refractivity contribution in [3.63, 3.8) is 0 Å². The van der Waals surface area contributed by atoms with Crippen molar-refractivity contribution in [1.29, 1.82) is 0 Å². The van der Waals surface area contributed by atoms with Crippen LogP contribution in [0.4, 0.5) is 17.6 Å². The van der Waals surface area contributed by atoms with Gasteiger partial charge in [0.25, 0.3) is 30.4 Å². The molecule has 2 N–H and O–H groups in total. The summed E-state index contributed by atoms with van der Waals surface area (Å²) in [4.78, 5) is -5.11. The molecule has 0 unspecified atom stereocenters. The van der Waals surface area contributed by atoms with E-state index in [2.05, 4.69) is 4.18 Å². The number of hydrogen-bond donors (Lipinski definition) is 2. The van der Waals surface area contributed by atoms with Crippen LogP contribution in [0.1, 0.15) is 13.3 Å². The van der Waals surface area contributed by atoms with Gasteiger partial charge in [0.2, 0.25) is 0 Å². The van der Waals surface area contributed by atoms with E-state index in [4.69, 9.17) is 0 Å². The van der Waals surface area contributed by atoms with Crippen LogP contribution in [0.25, 0.3) is 10.8 Å². The van der Waals surface area contributed by atoms with Crippen LogP contribution in [-0.2, 0) is 34.5 Å². The molecule has 2 aromatic rings. The molecule has 0 heterocycles. The molecule has 0 aromatic heterocycles. The second kappa shape index (κ2) is 7.93. The topological polar surface area (TPSA) is 152 Å². The Morgan fingerprint density at radius 3 is 1.90 bits per heavy atom. The number of rotatable bonds is 8. The van der Waals surface area contributed by atoms with Crippen molar-refractivity contribution in [2.24, 2.45) is 0 Å². The standard InChI is InChI=1S/C15H14F4O9S3/c1-2-14(16,17)15(18,19)8-28-31(26,27)12-10-6-4-3-5-9(10)7-11(29(20,21)22)13(12)30(23,24)25/h3-7H,2,8H2,1H3,(H,20,21,22)(H,23,24,25). The molecule has 0 aliphatic carbocycles. The highest BCUT2D eigenvalue weighted by atomic mass is 32.2. The normalized spacial score (nSPS) is 14.2. The minimum Gasteiger partial charge on any atom is -0.282 e. The van der Waals surface area contributed by atoms with Crippen molar-refractivity contribution >= 4 is 41.1 Å². The second-order valence-corrected chi connectivity index (χ2v) is 10.5. The lowest BCUT2D eigenvalue weighted by molar-refractivity contribution is -0.221. The summed E-state index contributed by atoms with van der Waals surface area (Å²) in [6, 6.07) is 4.87. The summed E-state index contributed by atoms with van der Waals surface area (Å²) in [6.45, 7) is -1.73. The summed E-state index contributed by atoms with van der Waals surface area (Å²) in [5.74, 6) is -9.70. The first-order valence-corrected chi connectivity index (χ1v) is 12.3. The maximum absolute atomic E-state index is 13.7. The van der Waals surface area contributed by atoms with Gasteiger partial charge in [0, 0.05) is 11.8 Å². The van der Waals surface area contributed by atoms with Crippen molar-refractivity contribution in [2.45, 2.75) is 39.9 Å². The molecular weight excluding hydrogens is 496 g/mol. The Kier molecular flexibility index (Phi) is 6.50. The molecule has 0 fully saturated rings. The van der Waals surface area contributed by atoms with Crippen molar-refractivity contribution in [3.8, 4) is 0 Å². The van der Waals surface area contributed by atoms with E-state index in [-0.39, 0.29) is 5.39 Å². The van der Waals surface area contributed by atoms with Gasteiger partial charge in [-0.15, -0.1) is 0 Å². The van der Waals surface area contributed by atoms with Gasteiger partial charge in [0.05, 0.1) is 0 Å². The first-order valence-electron chi connectivity index (χ1n) is 8.01. The van der Waals surface area contributed by atoms with E-state index in [9.17, 15) is 51.9 Å². The first kappa shape index (κ1) is 25.4. The summed E-state index contributed by atoms with van der Waals surface area (Å²) in [5.41, 5.74) is 0. The molecule has 0 atom stereocenters. The Labute approximate surface area is 174 Å². The van der Waals surface area contributed by atoms with Gasteiger partial charge in [0.1, 0.15) is 21.3 Å². The van der Waals surface area contributed by atoms with Crippen LogP contribution in [0.3, 0.4) is 0 Å². The van der Waals surface area contributed by atoms with Gasteiger partial charge in [0.15, 0.2) is 0 Å². The third-order valence-electron chi connectivity index (χ3n) is 4.08. The lowest BCUT2D eigenvalue weighted by Gasteiger charge is -2.25. The lowest BCUT2D eigenvalue weighted by atomic mass is 10.1. The van der Waals surface area contributed by atoms with Gasteiger partial charge in [-0.25, -0.2) is 0 Å². The molecule has 0 aliphatic rings. The van der Waals surface area contributed by atoms with Gasteiger partial charge in [-0.2, -0.15) is 42.8 Å². The minimum absolute atomic E-state index is 0.324. The Balaban J connectivity index is 2.88. The maximum atomic E-state index is 13.7. The Morgan fingerprint density at radius 1 is 0.871 bits per heavy atom. The quantitative estimate of drug-likeness (QED) is 0.310. The van der Waals surface area contributed by atoms with E-state index >= 15 is 0 Å². The van der Waals surface area contributed by atoms with Crippen LogP contribution in [0.15, 0.2) is 45.0 Å². The largest absolute Gasteiger partial charge is 0.334 e. The summed E-state index contributed by atoms with van der Waals surface area (Å²) in [6.07, 6.45) is -1.39. The van der Waals surface area contributed by atoms with Crippen LogP contribution >= 0.6 is 0 Å². The minimum atomic E-state index is -5.74. The highest BCUT2D eigenvalue weighted by molar-refractivity contribution is 7.91. The molecule has 31 heavy (non-hydrogen) atoms. The average molecular weight is 510 g/mol. The molecule has 0 saturated carbocycles. The lowest BCUT2D eigenvalue weighted by Crippen LogP contribution is -2.44. The zero-order chi connectivity index (χ0) is 24.0. The molecule has 0 bridgehead atoms. The highest BCUT2D eigenvalue weighted by Crippen LogP contribution is 2.40. The molecule has 0 aliphatic heterocycles. The van der Waals surface area contributed by atoms with Gasteiger partial charge < -0.3 is 0 Å². The Hall–Kier alpha value is -1.85. The summed E-state index contributed by atoms with van der Waals surface area (Å²) < 4.78 is 149. The summed E-state index contributed by atoms with van der Waals surface area (Å²) in [5, 5.41) is -0.941. The van der Waals surface area contributed by atoms with E-state index < -0.39 is 75.3 Å². The molecule has 2 rings (SSSR count). The summed E-state index contributed by atoms with van der Waals surface area (Å²) in [7, 11) is -16.9. The van der Waals surface area contributed by atoms with Crippen molar-refractivity contribution in [3.05, 3.63) is 30.3 Å². The van der Waals surface area contributed by atoms with Gasteiger partial charge in [-0.1, -0.05) is 31.2 Å². The zero-order valence-electron chi connectivity index (χ0n) is 15.3. The molecular formula is C15H14F4O9S3. The molecule has 0 amide bonds. The predicted octanol–water partition coefficient (Wildman–Crippen LogP) is 2.72. The molecule has 174 valence electrons. The van der Waals surface area contributed by atoms with Crippen molar-refractivity contribution < 1.29 is 56.1 Å². The number of fused-ring (bicyclic) bond motifs is 1. The Bertz CT molecular complexity index is 1340. The van der Waals surface area contributed by atoms with Gasteiger partial charge >= 0.3 is 11.8 Å². The third kappa shape index (κ3) is 4.98. The summed E-state index contributed by atoms with van der Waals surface area (Å²) >= 11 is 0. The third-order valence-corrected chi connectivity index (χ3v) is 7.51. The Morgan fingerprint density at radius 2 is 1.42 bits per heavy atom. The van der Waals surface area contributed by atoms with E-state index in [0.717, 1.165) is 18.2 Å².